The van der Waals surface area contributed by atoms with Gasteiger partial charge in [0.15, 0.2) is 0 Å². The number of hydrogen-bond acceptors (Lipinski definition) is 3. The van der Waals surface area contributed by atoms with Crippen molar-refractivity contribution in [1.29, 1.82) is 0 Å². The highest BCUT2D eigenvalue weighted by molar-refractivity contribution is 9.10. The van der Waals surface area contributed by atoms with Gasteiger partial charge in [0.1, 0.15) is 11.6 Å². The Morgan fingerprint density at radius 1 is 1.21 bits per heavy atom. The molecule has 1 heterocycles. The predicted molar refractivity (Wildman–Crippen MR) is 47.4 cm³/mol. The molecule has 3 nitrogen and oxygen atoms in total. The van der Waals surface area contributed by atoms with Crippen molar-refractivity contribution in [3.8, 4) is 11.4 Å². The van der Waals surface area contributed by atoms with Crippen LogP contribution >= 0.6 is 15.9 Å². The number of halogens is 3. The fraction of sp³-hybridized carbons (Fsp3) is 0. The lowest BCUT2D eigenvalue weighted by Crippen LogP contribution is -1.89. The molecule has 0 atom stereocenters. The van der Waals surface area contributed by atoms with Crippen molar-refractivity contribution >= 4 is 15.9 Å². The first-order valence-electron chi connectivity index (χ1n) is 3.60. The summed E-state index contributed by atoms with van der Waals surface area (Å²) in [5.74, 6) is -1.17. The van der Waals surface area contributed by atoms with Crippen LogP contribution in [-0.2, 0) is 0 Å². The van der Waals surface area contributed by atoms with Crippen molar-refractivity contribution in [2.75, 3.05) is 0 Å². The Morgan fingerprint density at radius 2 is 2.00 bits per heavy atom. The third-order valence-corrected chi connectivity index (χ3v) is 2.22. The monoisotopic (exact) mass is 260 g/mol. The molecule has 14 heavy (non-hydrogen) atoms. The number of aromatic nitrogens is 2. The normalized spacial score (nSPS) is 10.5. The minimum absolute atomic E-state index is 0.0221. The van der Waals surface area contributed by atoms with E-state index in [0.29, 0.717) is 0 Å². The molecule has 0 saturated carbocycles. The zero-order valence-electron chi connectivity index (χ0n) is 6.67. The summed E-state index contributed by atoms with van der Waals surface area (Å²) in [7, 11) is 0. The minimum atomic E-state index is -0.611. The second-order valence-electron chi connectivity index (χ2n) is 2.50. The topological polar surface area (TPSA) is 38.9 Å². The van der Waals surface area contributed by atoms with Gasteiger partial charge in [-0.05, 0) is 28.1 Å². The average Bonchev–Trinajstić information content (AvgIpc) is 2.64. The van der Waals surface area contributed by atoms with Crippen LogP contribution < -0.4 is 0 Å². The van der Waals surface area contributed by atoms with E-state index in [4.69, 9.17) is 0 Å². The maximum atomic E-state index is 13.3. The molecular formula is C8H3BrF2N2O. The van der Waals surface area contributed by atoms with E-state index in [1.807, 2.05) is 0 Å². The molecule has 6 heteroatoms. The second kappa shape index (κ2) is 3.45. The maximum absolute atomic E-state index is 13.3. The smallest absolute Gasteiger partial charge is 0.214 e. The van der Waals surface area contributed by atoms with Gasteiger partial charge in [-0.2, -0.15) is 4.98 Å². The molecular weight excluding hydrogens is 258 g/mol. The van der Waals surface area contributed by atoms with E-state index in [1.165, 1.54) is 0 Å². The van der Waals surface area contributed by atoms with Gasteiger partial charge in [0.05, 0.1) is 10.0 Å². The van der Waals surface area contributed by atoms with Gasteiger partial charge in [0.2, 0.25) is 12.2 Å². The van der Waals surface area contributed by atoms with Gasteiger partial charge in [0, 0.05) is 0 Å². The van der Waals surface area contributed by atoms with Crippen LogP contribution in [0.25, 0.3) is 11.4 Å². The highest BCUT2D eigenvalue weighted by Crippen LogP contribution is 2.25. The Labute approximate surface area is 85.9 Å². The van der Waals surface area contributed by atoms with Crippen LogP contribution in [-0.4, -0.2) is 10.1 Å². The Balaban J connectivity index is 2.60. The highest BCUT2D eigenvalue weighted by atomic mass is 79.9. The van der Waals surface area contributed by atoms with Crippen molar-refractivity contribution in [3.63, 3.8) is 0 Å². The highest BCUT2D eigenvalue weighted by Gasteiger charge is 2.13. The average molecular weight is 261 g/mol. The van der Waals surface area contributed by atoms with E-state index in [2.05, 4.69) is 30.6 Å². The van der Waals surface area contributed by atoms with Crippen LogP contribution in [0, 0.1) is 11.6 Å². The van der Waals surface area contributed by atoms with Gasteiger partial charge < -0.3 is 4.52 Å². The van der Waals surface area contributed by atoms with Crippen molar-refractivity contribution in [1.82, 2.24) is 10.1 Å². The van der Waals surface area contributed by atoms with E-state index in [-0.39, 0.29) is 15.9 Å². The van der Waals surface area contributed by atoms with Crippen LogP contribution in [0.1, 0.15) is 0 Å². The summed E-state index contributed by atoms with van der Waals surface area (Å²) < 4.78 is 30.8. The van der Waals surface area contributed by atoms with Gasteiger partial charge in [-0.1, -0.05) is 5.16 Å². The lowest BCUT2D eigenvalue weighted by Gasteiger charge is -1.99. The third-order valence-electron chi connectivity index (χ3n) is 1.61. The third kappa shape index (κ3) is 1.52. The quantitative estimate of drug-likeness (QED) is 0.741. The van der Waals surface area contributed by atoms with Gasteiger partial charge in [-0.3, -0.25) is 0 Å². The van der Waals surface area contributed by atoms with Gasteiger partial charge >= 0.3 is 0 Å². The molecule has 1 aromatic carbocycles. The van der Waals surface area contributed by atoms with Crippen LogP contribution in [0.3, 0.4) is 0 Å². The van der Waals surface area contributed by atoms with Crippen molar-refractivity contribution in [2.24, 2.45) is 0 Å². The van der Waals surface area contributed by atoms with Crippen molar-refractivity contribution in [2.45, 2.75) is 0 Å². The number of benzene rings is 1. The summed E-state index contributed by atoms with van der Waals surface area (Å²) in [6.45, 7) is 0. The van der Waals surface area contributed by atoms with Crippen molar-refractivity contribution < 1.29 is 13.3 Å². The maximum Gasteiger partial charge on any atom is 0.214 e. The van der Waals surface area contributed by atoms with E-state index in [9.17, 15) is 8.78 Å². The van der Waals surface area contributed by atoms with Crippen LogP contribution in [0.2, 0.25) is 0 Å². The first-order valence-corrected chi connectivity index (χ1v) is 4.39. The van der Waals surface area contributed by atoms with Gasteiger partial charge in [-0.25, -0.2) is 8.78 Å². The van der Waals surface area contributed by atoms with E-state index >= 15 is 0 Å². The Kier molecular flexibility index (Phi) is 2.28. The molecule has 0 aliphatic heterocycles. The number of rotatable bonds is 1. The lowest BCUT2D eigenvalue weighted by atomic mass is 10.2. The molecule has 2 rings (SSSR count). The summed E-state index contributed by atoms with van der Waals surface area (Å²) in [4.78, 5) is 3.62. The summed E-state index contributed by atoms with van der Waals surface area (Å²) in [6, 6.07) is 2.02. The van der Waals surface area contributed by atoms with Gasteiger partial charge in [0.25, 0.3) is 0 Å². The van der Waals surface area contributed by atoms with Crippen LogP contribution in [0.5, 0.6) is 0 Å². The molecule has 0 amide bonds. The SMILES string of the molecule is Fc1cc(-c2ncon2)c(F)cc1Br. The second-order valence-corrected chi connectivity index (χ2v) is 3.36. The standard InChI is InChI=1S/C8H3BrF2N2O/c9-5-2-6(10)4(1-7(5)11)8-12-3-14-13-8/h1-3H. The summed E-state index contributed by atoms with van der Waals surface area (Å²) >= 11 is 2.86. The zero-order chi connectivity index (χ0) is 10.1. The molecule has 0 aliphatic rings. The minimum Gasteiger partial charge on any atom is -0.342 e. The molecule has 0 aliphatic carbocycles. The molecule has 1 aromatic heterocycles. The molecule has 2 aromatic rings. The van der Waals surface area contributed by atoms with Crippen LogP contribution in [0.4, 0.5) is 8.78 Å². The first kappa shape index (κ1) is 9.26. The van der Waals surface area contributed by atoms with E-state index in [0.717, 1.165) is 18.5 Å². The van der Waals surface area contributed by atoms with E-state index < -0.39 is 11.6 Å². The molecule has 0 N–H and O–H groups in total. The molecule has 0 bridgehead atoms. The molecule has 0 spiro atoms. The molecule has 0 radical (unpaired) electrons. The molecule has 0 unspecified atom stereocenters. The lowest BCUT2D eigenvalue weighted by molar-refractivity contribution is 0.418. The molecule has 0 saturated heterocycles. The Hall–Kier alpha value is -1.30. The predicted octanol–water partition coefficient (Wildman–Crippen LogP) is 2.78. The van der Waals surface area contributed by atoms with E-state index in [1.54, 1.807) is 0 Å². The molecule has 0 fully saturated rings. The molecule has 72 valence electrons. The Morgan fingerprint density at radius 3 is 2.64 bits per heavy atom. The first-order chi connectivity index (χ1) is 6.68. The van der Waals surface area contributed by atoms with Gasteiger partial charge in [-0.15, -0.1) is 0 Å². The van der Waals surface area contributed by atoms with Crippen LogP contribution in [0.15, 0.2) is 27.5 Å². The number of hydrogen-bond donors (Lipinski definition) is 0. The number of nitrogens with zero attached hydrogens (tertiary/aromatic N) is 2. The zero-order valence-corrected chi connectivity index (χ0v) is 8.25. The fourth-order valence-electron chi connectivity index (χ4n) is 0.983. The fourth-order valence-corrected chi connectivity index (χ4v) is 1.30. The Bertz CT molecular complexity index is 459. The largest absolute Gasteiger partial charge is 0.342 e. The summed E-state index contributed by atoms with van der Waals surface area (Å²) in [5.41, 5.74) is -0.0283. The summed E-state index contributed by atoms with van der Waals surface area (Å²) in [5, 5.41) is 3.41. The van der Waals surface area contributed by atoms with Crippen molar-refractivity contribution in [3.05, 3.63) is 34.6 Å². The summed E-state index contributed by atoms with van der Waals surface area (Å²) in [6.07, 6.45) is 1.05.